The third-order valence-electron chi connectivity index (χ3n) is 12.1. The zero-order valence-electron chi connectivity index (χ0n) is 35.1. The van der Waals surface area contributed by atoms with Crippen molar-refractivity contribution in [2.24, 2.45) is 22.9 Å². The van der Waals surface area contributed by atoms with Crippen LogP contribution in [-0.4, -0.2) is 79.0 Å². The quantitative estimate of drug-likeness (QED) is 0.0431. The number of methoxy groups -OCH3 is 1. The molecule has 0 radical (unpaired) electrons. The Labute approximate surface area is 362 Å². The van der Waals surface area contributed by atoms with Crippen LogP contribution in [0, 0.1) is 17.8 Å². The van der Waals surface area contributed by atoms with Crippen molar-refractivity contribution < 1.29 is 48.3 Å². The second-order valence-corrected chi connectivity index (χ2v) is 17.4. The predicted molar refractivity (Wildman–Crippen MR) is 235 cm³/mol. The van der Waals surface area contributed by atoms with E-state index in [4.69, 9.17) is 33.7 Å². The van der Waals surface area contributed by atoms with Crippen LogP contribution in [0.15, 0.2) is 95.0 Å². The van der Waals surface area contributed by atoms with Gasteiger partial charge in [0.15, 0.2) is 6.29 Å². The Bertz CT molecular complexity index is 2050. The summed E-state index contributed by atoms with van der Waals surface area (Å²) in [6.45, 7) is 6.60. The number of aliphatic hydroxyl groups excluding tert-OH is 2. The molecule has 326 valence electrons. The van der Waals surface area contributed by atoms with Crippen LogP contribution < -0.4 is 19.5 Å². The Balaban J connectivity index is 1.39. The molecule has 2 aliphatic carbocycles. The van der Waals surface area contributed by atoms with E-state index in [1.165, 1.54) is 14.0 Å². The van der Waals surface area contributed by atoms with E-state index in [1.807, 2.05) is 36.4 Å². The van der Waals surface area contributed by atoms with E-state index in [0.29, 0.717) is 60.1 Å². The van der Waals surface area contributed by atoms with Crippen LogP contribution in [0.3, 0.4) is 0 Å². The average Bonchev–Trinajstić information content (AvgIpc) is 3.27. The van der Waals surface area contributed by atoms with E-state index in [-0.39, 0.29) is 54.6 Å². The Morgan fingerprint density at radius 1 is 1.02 bits per heavy atom. The highest BCUT2D eigenvalue weighted by atomic mass is 32.2. The molecule has 2 aliphatic heterocycles. The van der Waals surface area contributed by atoms with E-state index >= 15 is 0 Å². The molecule has 61 heavy (non-hydrogen) atoms. The summed E-state index contributed by atoms with van der Waals surface area (Å²) < 4.78 is 32.2. The molecule has 1 saturated heterocycles. The zero-order chi connectivity index (χ0) is 42.8. The SMILES string of the molecule is C=CCO[C@@]12Oc3ccc(Oc4ccc(OC)c(C=O)c4)cc3[C@H]3[C@H](CCCCO)[C@@H](CCCCO)C=C(C(=NOC4CCCCO4)C[C@@H]1Sc1ccc(NC(C)=O)cc1)[C@H]32. The van der Waals surface area contributed by atoms with Gasteiger partial charge in [-0.05, 0) is 117 Å². The second-order valence-electron chi connectivity index (χ2n) is 16.1. The number of oxime groups is 1. The molecule has 3 aromatic rings. The smallest absolute Gasteiger partial charge is 0.231 e. The van der Waals surface area contributed by atoms with Gasteiger partial charge in [-0.3, -0.25) is 9.59 Å². The summed E-state index contributed by atoms with van der Waals surface area (Å²) in [7, 11) is 1.52. The molecule has 13 heteroatoms. The maximum Gasteiger partial charge on any atom is 0.231 e. The lowest BCUT2D eigenvalue weighted by atomic mass is 9.56. The molecule has 12 nitrogen and oxygen atoms in total. The van der Waals surface area contributed by atoms with Crippen molar-refractivity contribution in [1.82, 2.24) is 0 Å². The molecule has 2 fully saturated rings. The monoisotopic (exact) mass is 854 g/mol. The average molecular weight is 855 g/mol. The fraction of sp³-hybridized carbons (Fsp3) is 0.479. The van der Waals surface area contributed by atoms with Gasteiger partial charge in [0.25, 0.3) is 0 Å². The summed E-state index contributed by atoms with van der Waals surface area (Å²) in [6, 6.07) is 18.8. The molecule has 0 aromatic heterocycles. The fourth-order valence-corrected chi connectivity index (χ4v) is 10.7. The van der Waals surface area contributed by atoms with Gasteiger partial charge >= 0.3 is 0 Å². The van der Waals surface area contributed by atoms with Gasteiger partial charge in [0.1, 0.15) is 23.0 Å². The van der Waals surface area contributed by atoms with Crippen molar-refractivity contribution in [2.45, 2.75) is 99.3 Å². The van der Waals surface area contributed by atoms with Crippen molar-refractivity contribution in [3.05, 3.63) is 96.1 Å². The molecule has 0 spiro atoms. The summed E-state index contributed by atoms with van der Waals surface area (Å²) in [4.78, 5) is 31.0. The van der Waals surface area contributed by atoms with Gasteiger partial charge in [0.2, 0.25) is 18.0 Å². The van der Waals surface area contributed by atoms with Gasteiger partial charge in [0.05, 0.1) is 42.8 Å². The number of fused-ring (bicyclic) bond motifs is 2. The maximum atomic E-state index is 11.9. The van der Waals surface area contributed by atoms with Crippen LogP contribution in [-0.2, 0) is 19.1 Å². The van der Waals surface area contributed by atoms with Crippen molar-refractivity contribution in [3.63, 3.8) is 0 Å². The van der Waals surface area contributed by atoms with Crippen molar-refractivity contribution in [3.8, 4) is 23.0 Å². The number of nitrogens with zero attached hydrogens (tertiary/aromatic N) is 1. The number of thioether (sulfide) groups is 1. The van der Waals surface area contributed by atoms with Crippen LogP contribution in [0.5, 0.6) is 23.0 Å². The molecule has 7 atom stereocenters. The highest BCUT2D eigenvalue weighted by molar-refractivity contribution is 8.00. The summed E-state index contributed by atoms with van der Waals surface area (Å²) >= 11 is 1.64. The lowest BCUT2D eigenvalue weighted by Crippen LogP contribution is -2.64. The van der Waals surface area contributed by atoms with Crippen molar-refractivity contribution in [2.75, 3.05) is 38.9 Å². The van der Waals surface area contributed by atoms with Gasteiger partial charge < -0.3 is 44.1 Å². The van der Waals surface area contributed by atoms with Gasteiger partial charge in [-0.15, -0.1) is 18.3 Å². The molecule has 2 heterocycles. The number of carbonyl (C=O) groups excluding carboxylic acids is 2. The van der Waals surface area contributed by atoms with E-state index < -0.39 is 12.1 Å². The standard InChI is InChI=1S/C48H58N2O10S/c1-4-24-57-48-44(61-37-18-14-34(15-19-37)49-31(2)54)29-41(50-60-45-13-7-10-25-56-45)39-27-32(11-5-8-22-51)38(12-6-9-23-52)46(47(39)48)40-28-36(17-21-43(40)59-48)58-35-16-20-42(55-3)33(26-35)30-53/h4,14-21,26-28,30,32,38,44-47,51-52H,1,5-13,22-25,29H2,2-3H3,(H,49,54)/t32-,38+,44-,45?,46+,47+,48+/m0/s1. The summed E-state index contributed by atoms with van der Waals surface area (Å²) in [5.41, 5.74) is 3.88. The summed E-state index contributed by atoms with van der Waals surface area (Å²) in [6.07, 6.45) is 12.3. The Morgan fingerprint density at radius 3 is 2.49 bits per heavy atom. The number of hydrogen-bond acceptors (Lipinski definition) is 12. The van der Waals surface area contributed by atoms with Crippen molar-refractivity contribution in [1.29, 1.82) is 0 Å². The van der Waals surface area contributed by atoms with Crippen LogP contribution in [0.2, 0.25) is 0 Å². The summed E-state index contributed by atoms with van der Waals surface area (Å²) in [5.74, 6) is 0.565. The molecule has 4 aliphatic rings. The number of nitrogens with one attached hydrogen (secondary N) is 1. The highest BCUT2D eigenvalue weighted by Crippen LogP contribution is 2.63. The molecule has 0 bridgehead atoms. The topological polar surface area (TPSA) is 154 Å². The Morgan fingerprint density at radius 2 is 1.79 bits per heavy atom. The number of rotatable bonds is 20. The number of aldehydes is 1. The number of amides is 1. The van der Waals surface area contributed by atoms with Gasteiger partial charge in [-0.25, -0.2) is 0 Å². The van der Waals surface area contributed by atoms with Crippen LogP contribution in [0.1, 0.15) is 93.0 Å². The zero-order valence-corrected chi connectivity index (χ0v) is 35.9. The fourth-order valence-electron chi connectivity index (χ4n) is 9.39. The predicted octanol–water partition coefficient (Wildman–Crippen LogP) is 9.21. The number of ether oxygens (including phenoxy) is 5. The second kappa shape index (κ2) is 20.9. The number of aliphatic hydroxyl groups is 2. The molecular formula is C48H58N2O10S. The normalized spacial score (nSPS) is 25.9. The van der Waals surface area contributed by atoms with Crippen LogP contribution in [0.25, 0.3) is 0 Å². The first-order valence-corrected chi connectivity index (χ1v) is 22.4. The van der Waals surface area contributed by atoms with Crippen LogP contribution >= 0.6 is 11.8 Å². The lowest BCUT2D eigenvalue weighted by Gasteiger charge is -2.58. The molecule has 1 saturated carbocycles. The molecular weight excluding hydrogens is 797 g/mol. The Hall–Kier alpha value is -4.66. The minimum atomic E-state index is -1.19. The third-order valence-corrected chi connectivity index (χ3v) is 13.4. The van der Waals surface area contributed by atoms with E-state index in [1.54, 1.807) is 36.0 Å². The van der Waals surface area contributed by atoms with Crippen LogP contribution in [0.4, 0.5) is 5.69 Å². The number of anilines is 1. The van der Waals surface area contributed by atoms with E-state index in [9.17, 15) is 19.8 Å². The molecule has 7 rings (SSSR count). The first-order chi connectivity index (χ1) is 29.8. The van der Waals surface area contributed by atoms with Gasteiger partial charge in [-0.2, -0.15) is 0 Å². The number of unbranched alkanes of at least 4 members (excludes halogenated alkanes) is 2. The molecule has 1 amide bonds. The minimum Gasteiger partial charge on any atom is -0.496 e. The summed E-state index contributed by atoms with van der Waals surface area (Å²) in [5, 5.41) is 27.3. The number of carbonyl (C=O) groups is 2. The van der Waals surface area contributed by atoms with Gasteiger partial charge in [-0.1, -0.05) is 30.1 Å². The number of hydrogen-bond donors (Lipinski definition) is 3. The minimum absolute atomic E-state index is 0.0933. The molecule has 3 aromatic carbocycles. The van der Waals surface area contributed by atoms with E-state index in [0.717, 1.165) is 73.0 Å². The first kappa shape index (κ1) is 44.4. The molecule has 1 unspecified atom stereocenters. The Kier molecular flexibility index (Phi) is 15.2. The third kappa shape index (κ3) is 10.2. The van der Waals surface area contributed by atoms with Crippen molar-refractivity contribution >= 4 is 35.4 Å². The largest absolute Gasteiger partial charge is 0.496 e. The number of benzene rings is 3. The van der Waals surface area contributed by atoms with Gasteiger partial charge in [0, 0.05) is 55.0 Å². The first-order valence-electron chi connectivity index (χ1n) is 21.5. The highest BCUT2D eigenvalue weighted by Gasteiger charge is 2.64. The maximum absolute atomic E-state index is 11.9. The van der Waals surface area contributed by atoms with E-state index in [2.05, 4.69) is 24.0 Å². The molecule has 3 N–H and O–H groups in total. The lowest BCUT2D eigenvalue weighted by molar-refractivity contribution is -0.223. The number of allylic oxidation sites excluding steroid dienone is 1.